The molecule has 5 nitrogen and oxygen atoms in total. The summed E-state index contributed by atoms with van der Waals surface area (Å²) in [6.07, 6.45) is 5.45. The lowest BCUT2D eigenvalue weighted by Crippen LogP contribution is -2.18. The molecule has 1 heterocycles. The number of ether oxygens (including phenoxy) is 1. The Kier molecular flexibility index (Phi) is 5.69. The van der Waals surface area contributed by atoms with E-state index in [4.69, 9.17) is 10.5 Å². The van der Waals surface area contributed by atoms with Crippen molar-refractivity contribution in [2.24, 2.45) is 5.73 Å². The molecule has 5 heteroatoms. The highest BCUT2D eigenvalue weighted by molar-refractivity contribution is 5.34. The van der Waals surface area contributed by atoms with E-state index in [1.165, 1.54) is 0 Å². The van der Waals surface area contributed by atoms with Crippen LogP contribution in [0.2, 0.25) is 0 Å². The topological polar surface area (TPSA) is 73.1 Å². The van der Waals surface area contributed by atoms with Crippen molar-refractivity contribution in [1.82, 2.24) is 9.97 Å². The second kappa shape index (κ2) is 7.06. The van der Waals surface area contributed by atoms with Gasteiger partial charge in [0, 0.05) is 6.04 Å². The molecule has 0 radical (unpaired) electrons. The first-order valence-corrected chi connectivity index (χ1v) is 6.07. The van der Waals surface area contributed by atoms with Crippen molar-refractivity contribution in [1.29, 1.82) is 0 Å². The molecule has 0 fully saturated rings. The van der Waals surface area contributed by atoms with Crippen LogP contribution in [0, 0.1) is 0 Å². The van der Waals surface area contributed by atoms with Crippen molar-refractivity contribution in [3.8, 4) is 5.88 Å². The molecule has 0 spiro atoms. The van der Waals surface area contributed by atoms with Gasteiger partial charge in [-0.05, 0) is 40.2 Å². The largest absolute Gasteiger partial charge is 0.474 e. The van der Waals surface area contributed by atoms with Crippen LogP contribution >= 0.6 is 0 Å². The number of hydrogen-bond donors (Lipinski definition) is 2. The minimum Gasteiger partial charge on any atom is -0.474 e. The fourth-order valence-electron chi connectivity index (χ4n) is 1.46. The smallest absolute Gasteiger partial charge is 0.234 e. The van der Waals surface area contributed by atoms with Gasteiger partial charge in [0.15, 0.2) is 0 Å². The van der Waals surface area contributed by atoms with Gasteiger partial charge in [-0.3, -0.25) is 4.98 Å². The van der Waals surface area contributed by atoms with Gasteiger partial charge in [0.25, 0.3) is 0 Å². The first-order valence-electron chi connectivity index (χ1n) is 6.07. The molecule has 1 rings (SSSR count). The van der Waals surface area contributed by atoms with E-state index in [1.807, 2.05) is 13.8 Å². The van der Waals surface area contributed by atoms with E-state index in [0.717, 1.165) is 18.7 Å². The summed E-state index contributed by atoms with van der Waals surface area (Å²) in [5, 5.41) is 3.28. The summed E-state index contributed by atoms with van der Waals surface area (Å²) in [5.74, 6) is 1.30. The summed E-state index contributed by atoms with van der Waals surface area (Å²) < 4.78 is 5.48. The predicted molar refractivity (Wildman–Crippen MR) is 69.2 cm³/mol. The summed E-state index contributed by atoms with van der Waals surface area (Å²) in [6.45, 7) is 6.75. The van der Waals surface area contributed by atoms with Gasteiger partial charge >= 0.3 is 0 Å². The van der Waals surface area contributed by atoms with Crippen LogP contribution in [0.4, 0.5) is 5.82 Å². The lowest BCUT2D eigenvalue weighted by molar-refractivity contribution is 0.232. The maximum atomic E-state index is 5.48. The van der Waals surface area contributed by atoms with E-state index in [2.05, 4.69) is 22.2 Å². The zero-order valence-electron chi connectivity index (χ0n) is 10.8. The van der Waals surface area contributed by atoms with Crippen LogP contribution in [0.1, 0.15) is 33.6 Å². The number of anilines is 1. The zero-order chi connectivity index (χ0) is 12.7. The third-order valence-electron chi connectivity index (χ3n) is 2.20. The predicted octanol–water partition coefficient (Wildman–Crippen LogP) is 1.80. The molecule has 0 aliphatic heterocycles. The molecular weight excluding hydrogens is 216 g/mol. The van der Waals surface area contributed by atoms with Crippen LogP contribution in [0.5, 0.6) is 5.88 Å². The van der Waals surface area contributed by atoms with Gasteiger partial charge in [-0.25, -0.2) is 0 Å². The molecule has 3 N–H and O–H groups in total. The van der Waals surface area contributed by atoms with Crippen molar-refractivity contribution in [2.75, 3.05) is 11.9 Å². The van der Waals surface area contributed by atoms with E-state index in [0.29, 0.717) is 18.5 Å². The summed E-state index contributed by atoms with van der Waals surface area (Å²) in [6, 6.07) is 0.335. The monoisotopic (exact) mass is 238 g/mol. The molecule has 17 heavy (non-hydrogen) atoms. The molecule has 96 valence electrons. The average Bonchev–Trinajstić information content (AvgIpc) is 2.26. The molecule has 1 aromatic heterocycles. The van der Waals surface area contributed by atoms with Gasteiger partial charge in [-0.15, -0.1) is 0 Å². The molecule has 0 saturated heterocycles. The Morgan fingerprint density at radius 1 is 1.35 bits per heavy atom. The lowest BCUT2D eigenvalue weighted by Gasteiger charge is -2.14. The van der Waals surface area contributed by atoms with Gasteiger partial charge in [-0.2, -0.15) is 4.98 Å². The van der Waals surface area contributed by atoms with Crippen LogP contribution in [0.3, 0.4) is 0 Å². The van der Waals surface area contributed by atoms with Crippen molar-refractivity contribution >= 4 is 5.82 Å². The Hall–Kier alpha value is -1.36. The number of nitrogens with two attached hydrogens (primary N) is 1. The Bertz CT molecular complexity index is 330. The molecule has 0 saturated carbocycles. The van der Waals surface area contributed by atoms with Crippen LogP contribution in [-0.2, 0) is 0 Å². The molecule has 1 aromatic rings. The zero-order valence-corrected chi connectivity index (χ0v) is 10.8. The molecule has 0 aliphatic carbocycles. The second-order valence-electron chi connectivity index (χ2n) is 4.39. The summed E-state index contributed by atoms with van der Waals surface area (Å²) in [4.78, 5) is 8.43. The summed E-state index contributed by atoms with van der Waals surface area (Å²) in [7, 11) is 0. The van der Waals surface area contributed by atoms with Gasteiger partial charge in [0.05, 0.1) is 18.5 Å². The summed E-state index contributed by atoms with van der Waals surface area (Å²) in [5.41, 5.74) is 5.47. The molecule has 1 atom stereocenters. The molecule has 1 unspecified atom stereocenters. The van der Waals surface area contributed by atoms with Crippen molar-refractivity contribution in [3.05, 3.63) is 12.4 Å². The van der Waals surface area contributed by atoms with Crippen molar-refractivity contribution in [2.45, 2.75) is 45.8 Å². The number of hydrogen-bond acceptors (Lipinski definition) is 5. The molecule has 0 bridgehead atoms. The fraction of sp³-hybridized carbons (Fsp3) is 0.667. The SMILES string of the molecule is CC(CCCN)Nc1cncc(OC(C)C)n1. The number of nitrogens with zero attached hydrogens (tertiary/aromatic N) is 2. The number of nitrogens with one attached hydrogen (secondary N) is 1. The van der Waals surface area contributed by atoms with Crippen LogP contribution in [0.25, 0.3) is 0 Å². The van der Waals surface area contributed by atoms with E-state index in [1.54, 1.807) is 12.4 Å². The van der Waals surface area contributed by atoms with Gasteiger partial charge in [0.2, 0.25) is 5.88 Å². The van der Waals surface area contributed by atoms with E-state index < -0.39 is 0 Å². The molecule has 0 aliphatic rings. The van der Waals surface area contributed by atoms with Crippen LogP contribution in [-0.4, -0.2) is 28.7 Å². The van der Waals surface area contributed by atoms with E-state index in [-0.39, 0.29) is 6.10 Å². The van der Waals surface area contributed by atoms with Gasteiger partial charge < -0.3 is 15.8 Å². The fourth-order valence-corrected chi connectivity index (χ4v) is 1.46. The molecular formula is C12H22N4O. The normalized spacial score (nSPS) is 12.5. The first-order chi connectivity index (χ1) is 8.11. The Balaban J connectivity index is 2.53. The first kappa shape index (κ1) is 13.7. The standard InChI is InChI=1S/C12H22N4O/c1-9(2)17-12-8-14-7-11(16-12)15-10(3)5-4-6-13/h7-10H,4-6,13H2,1-3H3,(H,15,16). The maximum Gasteiger partial charge on any atom is 0.234 e. The number of rotatable bonds is 7. The summed E-state index contributed by atoms with van der Waals surface area (Å²) >= 11 is 0. The highest BCUT2D eigenvalue weighted by atomic mass is 16.5. The van der Waals surface area contributed by atoms with E-state index >= 15 is 0 Å². The quantitative estimate of drug-likeness (QED) is 0.757. The van der Waals surface area contributed by atoms with Crippen molar-refractivity contribution < 1.29 is 4.74 Å². The molecule has 0 amide bonds. The van der Waals surface area contributed by atoms with Gasteiger partial charge in [-0.1, -0.05) is 0 Å². The Morgan fingerprint density at radius 3 is 2.76 bits per heavy atom. The highest BCUT2D eigenvalue weighted by Gasteiger charge is 2.05. The molecule has 0 aromatic carbocycles. The number of aromatic nitrogens is 2. The minimum absolute atomic E-state index is 0.106. The maximum absolute atomic E-state index is 5.48. The third-order valence-corrected chi connectivity index (χ3v) is 2.20. The Morgan fingerprint density at radius 2 is 2.12 bits per heavy atom. The second-order valence-corrected chi connectivity index (χ2v) is 4.39. The van der Waals surface area contributed by atoms with Gasteiger partial charge in [0.1, 0.15) is 5.82 Å². The van der Waals surface area contributed by atoms with E-state index in [9.17, 15) is 0 Å². The highest BCUT2D eigenvalue weighted by Crippen LogP contribution is 2.12. The third kappa shape index (κ3) is 5.49. The van der Waals surface area contributed by atoms with Crippen LogP contribution in [0.15, 0.2) is 12.4 Å². The average molecular weight is 238 g/mol. The minimum atomic E-state index is 0.106. The lowest BCUT2D eigenvalue weighted by atomic mass is 10.2. The Labute approximate surface area is 103 Å². The van der Waals surface area contributed by atoms with Crippen molar-refractivity contribution in [3.63, 3.8) is 0 Å². The van der Waals surface area contributed by atoms with Crippen LogP contribution < -0.4 is 15.8 Å².